The third-order valence-electron chi connectivity index (χ3n) is 4.35. The summed E-state index contributed by atoms with van der Waals surface area (Å²) in [7, 11) is 2.15. The zero-order valence-corrected chi connectivity index (χ0v) is 16.0. The van der Waals surface area contributed by atoms with Gasteiger partial charge in [-0.1, -0.05) is 12.1 Å². The van der Waals surface area contributed by atoms with Crippen LogP contribution in [0.15, 0.2) is 24.3 Å². The molecule has 1 aromatic carbocycles. The summed E-state index contributed by atoms with van der Waals surface area (Å²) in [6.07, 6.45) is 0.796. The van der Waals surface area contributed by atoms with Crippen LogP contribution in [0, 0.1) is 0 Å². The normalized spacial score (nSPS) is 15.6. The molecule has 1 fully saturated rings. The summed E-state index contributed by atoms with van der Waals surface area (Å²) in [4.78, 5) is 16.8. The number of hydrogen-bond acceptors (Lipinski definition) is 5. The van der Waals surface area contributed by atoms with E-state index >= 15 is 0 Å². The average Bonchev–Trinajstić information content (AvgIpc) is 2.64. The van der Waals surface area contributed by atoms with Gasteiger partial charge in [-0.25, -0.2) is 4.79 Å². The zero-order valence-electron chi connectivity index (χ0n) is 16.0. The summed E-state index contributed by atoms with van der Waals surface area (Å²) in [5, 5.41) is 5.69. The molecule has 26 heavy (non-hydrogen) atoms. The third kappa shape index (κ3) is 7.59. The Bertz CT molecular complexity index is 533. The van der Waals surface area contributed by atoms with E-state index in [2.05, 4.69) is 27.5 Å². The summed E-state index contributed by atoms with van der Waals surface area (Å²) in [6, 6.07) is 7.31. The van der Waals surface area contributed by atoms with Gasteiger partial charge >= 0.3 is 6.03 Å². The van der Waals surface area contributed by atoms with Crippen molar-refractivity contribution in [3.8, 4) is 5.75 Å². The summed E-state index contributed by atoms with van der Waals surface area (Å²) in [5.74, 6) is 0.700. The number of anilines is 1. The number of carbonyl (C=O) groups excluding carboxylic acids is 1. The minimum absolute atomic E-state index is 0.225. The van der Waals surface area contributed by atoms with Crippen molar-refractivity contribution in [2.75, 3.05) is 71.5 Å². The SMILES string of the molecule is CCOCCCNC(=O)Nc1ccccc1OCCN1CCN(C)CC1. The number of nitrogens with zero attached hydrogens (tertiary/aromatic N) is 2. The first-order valence-corrected chi connectivity index (χ1v) is 9.44. The van der Waals surface area contributed by atoms with E-state index in [1.807, 2.05) is 31.2 Å². The Labute approximate surface area is 156 Å². The van der Waals surface area contributed by atoms with Gasteiger partial charge in [-0.3, -0.25) is 4.90 Å². The molecule has 0 atom stereocenters. The van der Waals surface area contributed by atoms with E-state index in [0.717, 1.165) is 39.1 Å². The van der Waals surface area contributed by atoms with Crippen LogP contribution in [0.1, 0.15) is 13.3 Å². The number of nitrogens with one attached hydrogen (secondary N) is 2. The van der Waals surface area contributed by atoms with Gasteiger partial charge in [0.1, 0.15) is 12.4 Å². The van der Waals surface area contributed by atoms with Gasteiger partial charge in [-0.15, -0.1) is 0 Å². The van der Waals surface area contributed by atoms with Crippen LogP contribution < -0.4 is 15.4 Å². The Morgan fingerprint density at radius 3 is 2.69 bits per heavy atom. The molecular weight excluding hydrogens is 332 g/mol. The fourth-order valence-electron chi connectivity index (χ4n) is 2.74. The lowest BCUT2D eigenvalue weighted by molar-refractivity contribution is 0.134. The van der Waals surface area contributed by atoms with Crippen LogP contribution in [-0.2, 0) is 4.74 Å². The van der Waals surface area contributed by atoms with Gasteiger partial charge in [-0.05, 0) is 32.5 Å². The Morgan fingerprint density at radius 2 is 1.92 bits per heavy atom. The van der Waals surface area contributed by atoms with Crippen molar-refractivity contribution < 1.29 is 14.3 Å². The van der Waals surface area contributed by atoms with Crippen molar-refractivity contribution in [2.24, 2.45) is 0 Å². The first kappa shape index (κ1) is 20.5. The number of piperazine rings is 1. The first-order chi connectivity index (χ1) is 12.7. The molecule has 1 saturated heterocycles. The van der Waals surface area contributed by atoms with E-state index in [-0.39, 0.29) is 6.03 Å². The number of amides is 2. The highest BCUT2D eigenvalue weighted by atomic mass is 16.5. The van der Waals surface area contributed by atoms with Gasteiger partial charge < -0.3 is 25.0 Å². The molecule has 1 heterocycles. The maximum absolute atomic E-state index is 12.0. The molecule has 1 aliphatic rings. The fraction of sp³-hybridized carbons (Fsp3) is 0.632. The predicted octanol–water partition coefficient (Wildman–Crippen LogP) is 1.86. The van der Waals surface area contributed by atoms with Crippen molar-refractivity contribution in [1.29, 1.82) is 0 Å². The molecule has 0 radical (unpaired) electrons. The standard InChI is InChI=1S/C19H32N4O3/c1-3-25-15-6-9-20-19(24)21-17-7-4-5-8-18(17)26-16-14-23-12-10-22(2)11-13-23/h4-5,7-8H,3,6,9-16H2,1-2H3,(H2,20,21,24). The lowest BCUT2D eigenvalue weighted by Gasteiger charge is -2.32. The molecule has 0 aromatic heterocycles. The second kappa shape index (κ2) is 11.7. The van der Waals surface area contributed by atoms with E-state index < -0.39 is 0 Å². The van der Waals surface area contributed by atoms with Crippen molar-refractivity contribution in [2.45, 2.75) is 13.3 Å². The van der Waals surface area contributed by atoms with Crippen LogP contribution in [0.2, 0.25) is 0 Å². The molecule has 2 N–H and O–H groups in total. The Kier molecular flexibility index (Phi) is 9.23. The molecule has 0 unspecified atom stereocenters. The molecule has 0 aliphatic carbocycles. The highest BCUT2D eigenvalue weighted by Crippen LogP contribution is 2.23. The monoisotopic (exact) mass is 364 g/mol. The van der Waals surface area contributed by atoms with Crippen LogP contribution in [0.5, 0.6) is 5.75 Å². The molecule has 0 saturated carbocycles. The largest absolute Gasteiger partial charge is 0.490 e. The molecule has 7 heteroatoms. The molecule has 7 nitrogen and oxygen atoms in total. The fourth-order valence-corrected chi connectivity index (χ4v) is 2.74. The van der Waals surface area contributed by atoms with Gasteiger partial charge in [0.05, 0.1) is 5.69 Å². The number of benzene rings is 1. The number of ether oxygens (including phenoxy) is 2. The van der Waals surface area contributed by atoms with Crippen LogP contribution in [0.4, 0.5) is 10.5 Å². The van der Waals surface area contributed by atoms with Gasteiger partial charge in [0.2, 0.25) is 0 Å². The third-order valence-corrected chi connectivity index (χ3v) is 4.35. The quantitative estimate of drug-likeness (QED) is 0.621. The lowest BCUT2D eigenvalue weighted by atomic mass is 10.3. The predicted molar refractivity (Wildman–Crippen MR) is 104 cm³/mol. The van der Waals surface area contributed by atoms with E-state index in [0.29, 0.717) is 37.8 Å². The van der Waals surface area contributed by atoms with Gasteiger partial charge in [0.15, 0.2) is 0 Å². The Balaban J connectivity index is 1.71. The summed E-state index contributed by atoms with van der Waals surface area (Å²) < 4.78 is 11.2. The molecule has 1 aliphatic heterocycles. The maximum Gasteiger partial charge on any atom is 0.319 e. The molecule has 1 aromatic rings. The van der Waals surface area contributed by atoms with E-state index in [9.17, 15) is 4.79 Å². The first-order valence-electron chi connectivity index (χ1n) is 9.44. The Hall–Kier alpha value is -1.83. The average molecular weight is 364 g/mol. The summed E-state index contributed by atoms with van der Waals surface area (Å²) in [6.45, 7) is 9.74. The second-order valence-corrected chi connectivity index (χ2v) is 6.42. The van der Waals surface area contributed by atoms with Crippen molar-refractivity contribution >= 4 is 11.7 Å². The molecule has 2 rings (SSSR count). The van der Waals surface area contributed by atoms with Gasteiger partial charge in [-0.2, -0.15) is 0 Å². The van der Waals surface area contributed by atoms with Gasteiger partial charge in [0.25, 0.3) is 0 Å². The highest BCUT2D eigenvalue weighted by molar-refractivity contribution is 5.90. The molecule has 0 bridgehead atoms. The van der Waals surface area contributed by atoms with E-state index in [1.165, 1.54) is 0 Å². The van der Waals surface area contributed by atoms with Crippen molar-refractivity contribution in [1.82, 2.24) is 15.1 Å². The maximum atomic E-state index is 12.0. The number of rotatable bonds is 10. The smallest absolute Gasteiger partial charge is 0.319 e. The summed E-state index contributed by atoms with van der Waals surface area (Å²) >= 11 is 0. The minimum atomic E-state index is -0.225. The number of hydrogen-bond donors (Lipinski definition) is 2. The molecule has 146 valence electrons. The van der Waals surface area contributed by atoms with Crippen LogP contribution >= 0.6 is 0 Å². The topological polar surface area (TPSA) is 66.1 Å². The number of urea groups is 1. The Morgan fingerprint density at radius 1 is 1.15 bits per heavy atom. The lowest BCUT2D eigenvalue weighted by Crippen LogP contribution is -2.45. The van der Waals surface area contributed by atoms with E-state index in [4.69, 9.17) is 9.47 Å². The molecular formula is C19H32N4O3. The zero-order chi connectivity index (χ0) is 18.6. The van der Waals surface area contributed by atoms with Crippen LogP contribution in [-0.4, -0.2) is 82.0 Å². The number of para-hydroxylation sites is 2. The minimum Gasteiger partial charge on any atom is -0.490 e. The van der Waals surface area contributed by atoms with E-state index in [1.54, 1.807) is 0 Å². The van der Waals surface area contributed by atoms with Gasteiger partial charge in [0, 0.05) is 52.5 Å². The van der Waals surface area contributed by atoms with Crippen LogP contribution in [0.25, 0.3) is 0 Å². The number of carbonyl (C=O) groups is 1. The second-order valence-electron chi connectivity index (χ2n) is 6.42. The van der Waals surface area contributed by atoms with Crippen LogP contribution in [0.3, 0.4) is 0 Å². The molecule has 0 spiro atoms. The molecule has 2 amide bonds. The van der Waals surface area contributed by atoms with Crippen molar-refractivity contribution in [3.63, 3.8) is 0 Å². The van der Waals surface area contributed by atoms with Crippen molar-refractivity contribution in [3.05, 3.63) is 24.3 Å². The highest BCUT2D eigenvalue weighted by Gasteiger charge is 2.14. The summed E-state index contributed by atoms with van der Waals surface area (Å²) in [5.41, 5.74) is 0.688. The number of likely N-dealkylation sites (N-methyl/N-ethyl adjacent to an activating group) is 1.